The number of hydrogen-bond donors (Lipinski definition) is 3. The van der Waals surface area contributed by atoms with Crippen molar-refractivity contribution in [2.45, 2.75) is 4.90 Å². The van der Waals surface area contributed by atoms with E-state index in [-0.39, 0.29) is 4.90 Å². The van der Waals surface area contributed by atoms with Crippen molar-refractivity contribution in [1.29, 1.82) is 0 Å². The van der Waals surface area contributed by atoms with E-state index in [1.165, 1.54) is 24.3 Å². The number of anilines is 1. The van der Waals surface area contributed by atoms with Crippen LogP contribution in [0.2, 0.25) is 0 Å². The van der Waals surface area contributed by atoms with Gasteiger partial charge in [0.1, 0.15) is 0 Å². The highest BCUT2D eigenvalue weighted by atomic mass is 32.2. The SMILES string of the molecule is Nc1ccc(S(=O)(=O)O)cc1.O=[PH+]O. The fourth-order valence-electron chi connectivity index (χ4n) is 0.640. The molecule has 0 saturated carbocycles. The second-order valence-corrected chi connectivity index (χ2v) is 3.74. The summed E-state index contributed by atoms with van der Waals surface area (Å²) in [4.78, 5) is 6.90. The van der Waals surface area contributed by atoms with Crippen molar-refractivity contribution in [2.24, 2.45) is 0 Å². The quantitative estimate of drug-likeness (QED) is 0.371. The lowest BCUT2D eigenvalue weighted by molar-refractivity contribution is 0.483. The van der Waals surface area contributed by atoms with Crippen LogP contribution in [0.5, 0.6) is 0 Å². The van der Waals surface area contributed by atoms with Crippen LogP contribution in [-0.2, 0) is 14.7 Å². The van der Waals surface area contributed by atoms with Crippen LogP contribution in [0.1, 0.15) is 0 Å². The lowest BCUT2D eigenvalue weighted by Crippen LogP contribution is -1.97. The summed E-state index contributed by atoms with van der Waals surface area (Å²) in [7, 11) is -5.24. The number of nitrogens with two attached hydrogens (primary N) is 1. The summed E-state index contributed by atoms with van der Waals surface area (Å²) in [6, 6.07) is 5.29. The van der Waals surface area contributed by atoms with Gasteiger partial charge < -0.3 is 5.73 Å². The molecule has 1 rings (SSSR count). The summed E-state index contributed by atoms with van der Waals surface area (Å²) in [6.45, 7) is 0. The molecule has 1 aromatic carbocycles. The van der Waals surface area contributed by atoms with Gasteiger partial charge in [0, 0.05) is 5.69 Å². The minimum absolute atomic E-state index is 0.147. The first-order chi connectivity index (χ1) is 6.41. The highest BCUT2D eigenvalue weighted by Crippen LogP contribution is 2.10. The van der Waals surface area contributed by atoms with Crippen LogP contribution in [0, 0.1) is 0 Å². The minimum atomic E-state index is -4.08. The Balaban J connectivity index is 0.000000500. The first-order valence-electron chi connectivity index (χ1n) is 3.26. The fraction of sp³-hybridized carbons (Fsp3) is 0. The van der Waals surface area contributed by atoms with E-state index in [1.54, 1.807) is 0 Å². The Bertz CT molecular complexity index is 387. The zero-order valence-electron chi connectivity index (χ0n) is 6.91. The maximum Gasteiger partial charge on any atom is 0.491 e. The summed E-state index contributed by atoms with van der Waals surface area (Å²) in [5.41, 5.74) is 5.75. The van der Waals surface area contributed by atoms with Crippen molar-refractivity contribution < 1.29 is 22.4 Å². The lowest BCUT2D eigenvalue weighted by atomic mass is 10.3. The van der Waals surface area contributed by atoms with Gasteiger partial charge in [-0.15, -0.1) is 0 Å². The molecule has 6 nitrogen and oxygen atoms in total. The number of benzene rings is 1. The van der Waals surface area contributed by atoms with Gasteiger partial charge in [-0.2, -0.15) is 13.3 Å². The van der Waals surface area contributed by atoms with Gasteiger partial charge >= 0.3 is 8.69 Å². The third kappa shape index (κ3) is 4.88. The van der Waals surface area contributed by atoms with Crippen LogP contribution < -0.4 is 5.73 Å². The van der Waals surface area contributed by atoms with E-state index in [0.29, 0.717) is 5.69 Å². The Morgan fingerprint density at radius 1 is 1.21 bits per heavy atom. The highest BCUT2D eigenvalue weighted by molar-refractivity contribution is 7.85. The molecule has 0 heterocycles. The molecule has 0 amide bonds. The van der Waals surface area contributed by atoms with Gasteiger partial charge in [-0.25, -0.2) is 0 Å². The largest absolute Gasteiger partial charge is 0.491 e. The van der Waals surface area contributed by atoms with Crippen LogP contribution >= 0.6 is 8.69 Å². The summed E-state index contributed by atoms with van der Waals surface area (Å²) in [5.74, 6) is 0. The Labute approximate surface area is 82.4 Å². The molecular weight excluding hydrogens is 229 g/mol. The van der Waals surface area contributed by atoms with Crippen molar-refractivity contribution in [1.82, 2.24) is 0 Å². The van der Waals surface area contributed by atoms with Crippen molar-refractivity contribution in [3.63, 3.8) is 0 Å². The lowest BCUT2D eigenvalue weighted by Gasteiger charge is -1.95. The third-order valence-corrected chi connectivity index (χ3v) is 2.05. The summed E-state index contributed by atoms with van der Waals surface area (Å²) < 4.78 is 37.9. The van der Waals surface area contributed by atoms with Gasteiger partial charge in [0.2, 0.25) is 0 Å². The van der Waals surface area contributed by atoms with Crippen molar-refractivity contribution in [3.05, 3.63) is 24.3 Å². The second-order valence-electron chi connectivity index (χ2n) is 2.14. The van der Waals surface area contributed by atoms with Gasteiger partial charge in [0.15, 0.2) is 0 Å². The maximum absolute atomic E-state index is 10.5. The van der Waals surface area contributed by atoms with Crippen LogP contribution in [-0.4, -0.2) is 17.9 Å². The first kappa shape index (κ1) is 13.0. The van der Waals surface area contributed by atoms with Crippen LogP contribution in [0.3, 0.4) is 0 Å². The molecule has 0 spiro atoms. The van der Waals surface area contributed by atoms with Gasteiger partial charge in [-0.05, 0) is 28.8 Å². The molecule has 0 saturated heterocycles. The molecule has 0 aliphatic rings. The predicted octanol–water partition coefficient (Wildman–Crippen LogP) is 0.433. The minimum Gasteiger partial charge on any atom is -0.399 e. The van der Waals surface area contributed by atoms with E-state index in [2.05, 4.69) is 0 Å². The molecule has 0 aromatic heterocycles. The second kappa shape index (κ2) is 5.66. The summed E-state index contributed by atoms with van der Waals surface area (Å²) >= 11 is 0. The highest BCUT2D eigenvalue weighted by Gasteiger charge is 2.06. The normalized spacial score (nSPS) is 10.4. The maximum atomic E-state index is 10.5. The molecule has 1 aromatic rings. The van der Waals surface area contributed by atoms with E-state index in [1.807, 2.05) is 0 Å². The topological polar surface area (TPSA) is 118 Å². The fourth-order valence-corrected chi connectivity index (χ4v) is 1.12. The zero-order valence-corrected chi connectivity index (χ0v) is 8.73. The number of rotatable bonds is 1. The average Bonchev–Trinajstić information content (AvgIpc) is 2.04. The molecule has 4 N–H and O–H groups in total. The molecule has 14 heavy (non-hydrogen) atoms. The molecule has 0 aliphatic carbocycles. The molecule has 78 valence electrons. The number of hydrogen-bond acceptors (Lipinski definition) is 4. The van der Waals surface area contributed by atoms with E-state index >= 15 is 0 Å². The summed E-state index contributed by atoms with van der Waals surface area (Å²) in [6.07, 6.45) is 0. The van der Waals surface area contributed by atoms with Gasteiger partial charge in [0.25, 0.3) is 10.1 Å². The zero-order chi connectivity index (χ0) is 11.2. The molecule has 0 bridgehead atoms. The van der Waals surface area contributed by atoms with Crippen molar-refractivity contribution >= 4 is 24.5 Å². The van der Waals surface area contributed by atoms with E-state index in [0.717, 1.165) is 0 Å². The smallest absolute Gasteiger partial charge is 0.399 e. The predicted molar refractivity (Wildman–Crippen MR) is 51.9 cm³/mol. The Hall–Kier alpha value is -1.01. The molecule has 8 heteroatoms. The van der Waals surface area contributed by atoms with Crippen LogP contribution in [0.15, 0.2) is 29.2 Å². The van der Waals surface area contributed by atoms with E-state index < -0.39 is 18.8 Å². The van der Waals surface area contributed by atoms with Crippen molar-refractivity contribution in [2.75, 3.05) is 5.73 Å². The molecule has 0 radical (unpaired) electrons. The van der Waals surface area contributed by atoms with Crippen LogP contribution in [0.4, 0.5) is 5.69 Å². The Kier molecular flexibility index (Phi) is 5.26. The Morgan fingerprint density at radius 2 is 1.57 bits per heavy atom. The number of nitrogen functional groups attached to an aromatic ring is 1. The van der Waals surface area contributed by atoms with Crippen molar-refractivity contribution in [3.8, 4) is 0 Å². The summed E-state index contributed by atoms with van der Waals surface area (Å²) in [5, 5.41) is 0. The Morgan fingerprint density at radius 3 is 1.86 bits per heavy atom. The van der Waals surface area contributed by atoms with Crippen LogP contribution in [0.25, 0.3) is 0 Å². The van der Waals surface area contributed by atoms with Gasteiger partial charge in [-0.1, -0.05) is 0 Å². The van der Waals surface area contributed by atoms with E-state index in [4.69, 9.17) is 19.7 Å². The third-order valence-electron chi connectivity index (χ3n) is 1.18. The molecule has 0 fully saturated rings. The first-order valence-corrected chi connectivity index (χ1v) is 5.55. The molecule has 0 aliphatic heterocycles. The van der Waals surface area contributed by atoms with E-state index in [9.17, 15) is 8.42 Å². The molecule has 1 unspecified atom stereocenters. The van der Waals surface area contributed by atoms with Gasteiger partial charge in [0.05, 0.1) is 4.90 Å². The van der Waals surface area contributed by atoms with Gasteiger partial charge in [-0.3, -0.25) is 4.55 Å². The molecule has 1 atom stereocenters. The molecular formula is C6H9NO5PS+. The average molecular weight is 238 g/mol. The monoisotopic (exact) mass is 238 g/mol. The standard InChI is InChI=1S/C6H7NO3S.HO2P/c7-5-1-3-6(4-2-5)11(8,9)10;1-3-2/h1-4H,7H2,(H,8,9,10);3H/p+1.